The average Bonchev–Trinajstić information content (AvgIpc) is 1.79. The number of aliphatic hydroxyl groups excluding tert-OH is 1. The molecule has 10 N–H and O–H groups in total. The first kappa shape index (κ1) is 13.7. The van der Waals surface area contributed by atoms with E-state index in [9.17, 15) is 0 Å². The van der Waals surface area contributed by atoms with Crippen LogP contribution >= 0.6 is 0 Å². The van der Waals surface area contributed by atoms with Crippen molar-refractivity contribution in [3.05, 3.63) is 0 Å². The number of nitrogens with two attached hydrogens (primary N) is 2. The molecule has 0 heterocycles. The molecule has 0 aliphatic carbocycles. The van der Waals surface area contributed by atoms with Crippen molar-refractivity contribution in [1.29, 1.82) is 0 Å². The van der Waals surface area contributed by atoms with Crippen LogP contribution in [0, 0.1) is 0 Å². The molecule has 2 atom stereocenters. The molecule has 0 aromatic rings. The van der Waals surface area contributed by atoms with Crippen LogP contribution in [0.15, 0.2) is 0 Å². The number of hydrogen-bond donors (Lipinski definition) is 8. The molecule has 8 nitrogen and oxygen atoms in total. The maximum atomic E-state index is 9.13. The molecule has 0 aliphatic heterocycles. The summed E-state index contributed by atoms with van der Waals surface area (Å²) in [5, 5.41) is 53.0. The maximum Gasteiger partial charge on any atom is 0.277 e. The first-order valence-electron chi connectivity index (χ1n) is 3.74. The van der Waals surface area contributed by atoms with E-state index in [0.29, 0.717) is 0 Å². The Balaban J connectivity index is 4.94. The van der Waals surface area contributed by atoms with Crippen LogP contribution in [-0.4, -0.2) is 54.2 Å². The third-order valence-corrected chi connectivity index (χ3v) is 1.94. The fraction of sp³-hybridized carbons (Fsp3) is 1.00. The average molecular weight is 212 g/mol. The SMILES string of the molecule is CC(O)(O)C(N)(CC(O)(O)O)C(N)O. The minimum Gasteiger partial charge on any atom is -0.377 e. The summed E-state index contributed by atoms with van der Waals surface area (Å²) < 4.78 is 0. The molecular formula is C6H16N2O6. The standard InChI is InChI=1S/C6H16N2O6/c1-4(10,11)5(8,3(7)9)2-6(12,13)14/h3,9-14H,2,7-8H2,1H3. The van der Waals surface area contributed by atoms with E-state index in [0.717, 1.165) is 6.92 Å². The zero-order valence-corrected chi connectivity index (χ0v) is 7.62. The topological polar surface area (TPSA) is 173 Å². The Hall–Kier alpha value is -0.320. The van der Waals surface area contributed by atoms with Crippen molar-refractivity contribution < 1.29 is 30.6 Å². The van der Waals surface area contributed by atoms with Gasteiger partial charge in [-0.3, -0.25) is 0 Å². The van der Waals surface area contributed by atoms with E-state index in [-0.39, 0.29) is 0 Å². The van der Waals surface area contributed by atoms with Gasteiger partial charge in [0.2, 0.25) is 0 Å². The molecule has 2 unspecified atom stereocenters. The highest BCUT2D eigenvalue weighted by Gasteiger charge is 2.51. The van der Waals surface area contributed by atoms with Gasteiger partial charge in [0.15, 0.2) is 5.79 Å². The highest BCUT2D eigenvalue weighted by Crippen LogP contribution is 2.26. The quantitative estimate of drug-likeness (QED) is 0.216. The van der Waals surface area contributed by atoms with Gasteiger partial charge in [0, 0.05) is 0 Å². The molecule has 0 saturated carbocycles. The largest absolute Gasteiger partial charge is 0.377 e. The molecule has 0 aromatic heterocycles. The second-order valence-corrected chi connectivity index (χ2v) is 3.46. The summed E-state index contributed by atoms with van der Waals surface area (Å²) in [7, 11) is 0. The van der Waals surface area contributed by atoms with Crippen LogP contribution in [0.3, 0.4) is 0 Å². The Morgan fingerprint density at radius 3 is 1.57 bits per heavy atom. The van der Waals surface area contributed by atoms with Gasteiger partial charge >= 0.3 is 0 Å². The third kappa shape index (κ3) is 3.12. The van der Waals surface area contributed by atoms with Gasteiger partial charge in [-0.15, -0.1) is 0 Å². The Kier molecular flexibility index (Phi) is 3.60. The number of rotatable bonds is 4. The molecule has 0 amide bonds. The fourth-order valence-corrected chi connectivity index (χ4v) is 0.945. The summed E-state index contributed by atoms with van der Waals surface area (Å²) in [6.45, 7) is 0.787. The Morgan fingerprint density at radius 1 is 1.14 bits per heavy atom. The van der Waals surface area contributed by atoms with Crippen LogP contribution in [0.25, 0.3) is 0 Å². The van der Waals surface area contributed by atoms with Crippen molar-refractivity contribution >= 4 is 0 Å². The van der Waals surface area contributed by atoms with E-state index in [1.807, 2.05) is 0 Å². The Labute approximate surface area is 80.0 Å². The van der Waals surface area contributed by atoms with Crippen molar-refractivity contribution in [2.75, 3.05) is 0 Å². The zero-order chi connectivity index (χ0) is 11.8. The molecular weight excluding hydrogens is 196 g/mol. The zero-order valence-electron chi connectivity index (χ0n) is 7.62. The third-order valence-electron chi connectivity index (χ3n) is 1.94. The van der Waals surface area contributed by atoms with Gasteiger partial charge < -0.3 is 42.1 Å². The molecule has 86 valence electrons. The molecule has 0 radical (unpaired) electrons. The second-order valence-electron chi connectivity index (χ2n) is 3.46. The summed E-state index contributed by atoms with van der Waals surface area (Å²) >= 11 is 0. The van der Waals surface area contributed by atoms with E-state index in [1.54, 1.807) is 0 Å². The molecule has 14 heavy (non-hydrogen) atoms. The lowest BCUT2D eigenvalue weighted by Crippen LogP contribution is -2.71. The summed E-state index contributed by atoms with van der Waals surface area (Å²) in [6, 6.07) is 0. The molecule has 0 spiro atoms. The first-order valence-corrected chi connectivity index (χ1v) is 3.74. The van der Waals surface area contributed by atoms with Gasteiger partial charge in [-0.05, 0) is 6.92 Å². The summed E-state index contributed by atoms with van der Waals surface area (Å²) in [5.41, 5.74) is 7.81. The predicted octanol–water partition coefficient (Wildman–Crippen LogP) is -4.32. The fourth-order valence-electron chi connectivity index (χ4n) is 0.945. The van der Waals surface area contributed by atoms with Crippen LogP contribution in [0.4, 0.5) is 0 Å². The van der Waals surface area contributed by atoms with E-state index >= 15 is 0 Å². The highest BCUT2D eigenvalue weighted by molar-refractivity contribution is 4.99. The number of hydrogen-bond acceptors (Lipinski definition) is 8. The van der Waals surface area contributed by atoms with Crippen molar-refractivity contribution in [3.8, 4) is 0 Å². The van der Waals surface area contributed by atoms with E-state index in [4.69, 9.17) is 42.1 Å². The van der Waals surface area contributed by atoms with Crippen LogP contribution in [0.5, 0.6) is 0 Å². The maximum absolute atomic E-state index is 9.13. The monoisotopic (exact) mass is 212 g/mol. The first-order chi connectivity index (χ1) is 5.90. The van der Waals surface area contributed by atoms with Crippen LogP contribution in [0.2, 0.25) is 0 Å². The van der Waals surface area contributed by atoms with Crippen molar-refractivity contribution in [1.82, 2.24) is 0 Å². The van der Waals surface area contributed by atoms with Gasteiger partial charge in [0.1, 0.15) is 11.8 Å². The summed E-state index contributed by atoms with van der Waals surface area (Å²) in [6.07, 6.45) is -3.10. The lowest BCUT2D eigenvalue weighted by molar-refractivity contribution is -0.342. The lowest BCUT2D eigenvalue weighted by Gasteiger charge is -2.42. The van der Waals surface area contributed by atoms with Crippen molar-refractivity contribution in [3.63, 3.8) is 0 Å². The van der Waals surface area contributed by atoms with Crippen LogP contribution in [0.1, 0.15) is 13.3 Å². The Morgan fingerprint density at radius 2 is 1.50 bits per heavy atom. The van der Waals surface area contributed by atoms with Gasteiger partial charge in [-0.25, -0.2) is 0 Å². The van der Waals surface area contributed by atoms with Gasteiger partial charge in [0.05, 0.1) is 6.42 Å². The predicted molar refractivity (Wildman–Crippen MR) is 44.0 cm³/mol. The van der Waals surface area contributed by atoms with E-state index in [2.05, 4.69) is 0 Å². The second kappa shape index (κ2) is 3.68. The minimum atomic E-state index is -3.26. The van der Waals surface area contributed by atoms with Gasteiger partial charge in [-0.2, -0.15) is 0 Å². The van der Waals surface area contributed by atoms with Crippen molar-refractivity contribution in [2.24, 2.45) is 11.5 Å². The molecule has 8 heteroatoms. The molecule has 0 rings (SSSR count). The molecule has 0 aliphatic rings. The number of aliphatic hydroxyl groups is 6. The Bertz CT molecular complexity index is 195. The molecule has 0 aromatic carbocycles. The van der Waals surface area contributed by atoms with E-state index < -0.39 is 29.9 Å². The molecule has 0 bridgehead atoms. The molecule has 0 saturated heterocycles. The summed E-state index contributed by atoms with van der Waals surface area (Å²) in [4.78, 5) is 0. The summed E-state index contributed by atoms with van der Waals surface area (Å²) in [5.74, 6) is -5.96. The lowest BCUT2D eigenvalue weighted by atomic mass is 9.85. The smallest absolute Gasteiger partial charge is 0.277 e. The highest BCUT2D eigenvalue weighted by atomic mass is 16.7. The van der Waals surface area contributed by atoms with Crippen molar-refractivity contribution in [2.45, 2.75) is 36.9 Å². The van der Waals surface area contributed by atoms with E-state index in [1.165, 1.54) is 0 Å². The molecule has 0 fully saturated rings. The van der Waals surface area contributed by atoms with Gasteiger partial charge in [-0.1, -0.05) is 0 Å². The van der Waals surface area contributed by atoms with Gasteiger partial charge in [0.25, 0.3) is 5.97 Å². The normalized spacial score (nSPS) is 20.4. The van der Waals surface area contributed by atoms with Crippen LogP contribution in [-0.2, 0) is 0 Å². The van der Waals surface area contributed by atoms with Crippen LogP contribution < -0.4 is 11.5 Å². The minimum absolute atomic E-state index is 0.787.